The topological polar surface area (TPSA) is 101 Å². The van der Waals surface area contributed by atoms with E-state index in [1.807, 2.05) is 0 Å². The predicted molar refractivity (Wildman–Crippen MR) is 63.3 cm³/mol. The van der Waals surface area contributed by atoms with Crippen LogP contribution in [-0.4, -0.2) is 45.0 Å². The van der Waals surface area contributed by atoms with Gasteiger partial charge < -0.3 is 9.66 Å². The first-order valence-electron chi connectivity index (χ1n) is 5.28. The van der Waals surface area contributed by atoms with Gasteiger partial charge in [0.2, 0.25) is 0 Å². The second-order valence-electron chi connectivity index (χ2n) is 4.47. The van der Waals surface area contributed by atoms with Crippen molar-refractivity contribution >= 4 is 21.2 Å². The molecule has 1 rings (SSSR count). The molecule has 0 aromatic rings. The summed E-state index contributed by atoms with van der Waals surface area (Å²) in [5, 5.41) is 7.96. The van der Waals surface area contributed by atoms with Crippen LogP contribution in [0.2, 0.25) is 0 Å². The lowest BCUT2D eigenvalue weighted by molar-refractivity contribution is -0.0154. The Kier molecular flexibility index (Phi) is 4.05. The molecule has 17 heavy (non-hydrogen) atoms. The molecule has 102 valence electrons. The van der Waals surface area contributed by atoms with E-state index in [4.69, 9.17) is 4.18 Å². The Labute approximate surface area is 104 Å². The van der Waals surface area contributed by atoms with Crippen molar-refractivity contribution in [2.45, 2.75) is 50.4 Å². The van der Waals surface area contributed by atoms with E-state index in [0.717, 1.165) is 0 Å². The van der Waals surface area contributed by atoms with E-state index >= 15 is 0 Å². The van der Waals surface area contributed by atoms with E-state index in [2.05, 4.69) is 0 Å². The third-order valence-corrected chi connectivity index (χ3v) is 6.69. The van der Waals surface area contributed by atoms with E-state index < -0.39 is 49.3 Å². The van der Waals surface area contributed by atoms with Gasteiger partial charge in [-0.05, 0) is 27.7 Å². The molecule has 8 heteroatoms. The standard InChI is InChI=1S/C9H18O6S2/c1-5(10)9(7(3)16(11)12)6(2)15-17(13,14)8(9)4/h5-8,10H,1-4H3,(H,11,12). The molecular weight excluding hydrogens is 268 g/mol. The van der Waals surface area contributed by atoms with Crippen LogP contribution in [0.1, 0.15) is 27.7 Å². The van der Waals surface area contributed by atoms with Crippen molar-refractivity contribution in [3.8, 4) is 0 Å². The van der Waals surface area contributed by atoms with Crippen molar-refractivity contribution in [3.63, 3.8) is 0 Å². The SMILES string of the molecule is CC(O)C1(C(C)S(=O)O)C(C)OS(=O)(=O)C1C. The summed E-state index contributed by atoms with van der Waals surface area (Å²) >= 11 is -2.24. The van der Waals surface area contributed by atoms with Gasteiger partial charge >= 0.3 is 0 Å². The molecule has 6 nitrogen and oxygen atoms in total. The Balaban J connectivity index is 3.40. The van der Waals surface area contributed by atoms with Crippen molar-refractivity contribution in [3.05, 3.63) is 0 Å². The summed E-state index contributed by atoms with van der Waals surface area (Å²) in [6.07, 6.45) is -1.91. The number of aliphatic hydroxyl groups excluding tert-OH is 1. The summed E-state index contributed by atoms with van der Waals surface area (Å²) in [6, 6.07) is 0. The van der Waals surface area contributed by atoms with Crippen LogP contribution in [0.4, 0.5) is 0 Å². The van der Waals surface area contributed by atoms with E-state index in [9.17, 15) is 22.3 Å². The Hall–Kier alpha value is -0.0200. The smallest absolute Gasteiger partial charge is 0.271 e. The minimum Gasteiger partial charge on any atom is -0.393 e. The summed E-state index contributed by atoms with van der Waals surface area (Å²) in [6.45, 7) is 5.76. The summed E-state index contributed by atoms with van der Waals surface area (Å²) in [5.41, 5.74) is -1.28. The average Bonchev–Trinajstić information content (AvgIpc) is 2.33. The third kappa shape index (κ3) is 2.06. The molecule has 0 bridgehead atoms. The Morgan fingerprint density at radius 1 is 1.35 bits per heavy atom. The van der Waals surface area contributed by atoms with Gasteiger partial charge in [0.15, 0.2) is 11.1 Å². The fraction of sp³-hybridized carbons (Fsp3) is 1.00. The molecule has 1 fully saturated rings. The number of hydrogen-bond donors (Lipinski definition) is 2. The lowest BCUT2D eigenvalue weighted by Gasteiger charge is -2.40. The molecular formula is C9H18O6S2. The maximum absolute atomic E-state index is 11.7. The normalized spacial score (nSPS) is 42.0. The molecule has 0 radical (unpaired) electrons. The molecule has 0 aliphatic carbocycles. The van der Waals surface area contributed by atoms with Gasteiger partial charge in [-0.3, -0.25) is 4.18 Å². The zero-order valence-corrected chi connectivity index (χ0v) is 11.8. The molecule has 1 aliphatic rings. The summed E-state index contributed by atoms with van der Waals surface area (Å²) in [5.74, 6) is 0. The van der Waals surface area contributed by atoms with Gasteiger partial charge in [-0.2, -0.15) is 8.42 Å². The van der Waals surface area contributed by atoms with E-state index in [0.29, 0.717) is 0 Å². The lowest BCUT2D eigenvalue weighted by atomic mass is 9.73. The molecule has 0 spiro atoms. The first kappa shape index (κ1) is 15.0. The zero-order chi connectivity index (χ0) is 13.6. The highest BCUT2D eigenvalue weighted by Gasteiger charge is 2.62. The highest BCUT2D eigenvalue weighted by Crippen LogP contribution is 2.48. The quantitative estimate of drug-likeness (QED) is 0.564. The summed E-state index contributed by atoms with van der Waals surface area (Å²) in [4.78, 5) is 0. The van der Waals surface area contributed by atoms with Crippen LogP contribution in [0.15, 0.2) is 0 Å². The van der Waals surface area contributed by atoms with Crippen LogP contribution in [0.5, 0.6) is 0 Å². The largest absolute Gasteiger partial charge is 0.393 e. The van der Waals surface area contributed by atoms with Crippen molar-refractivity contribution in [1.29, 1.82) is 0 Å². The summed E-state index contributed by atoms with van der Waals surface area (Å²) < 4.78 is 48.7. The lowest BCUT2D eigenvalue weighted by Crippen LogP contribution is -2.55. The van der Waals surface area contributed by atoms with E-state index in [1.54, 1.807) is 0 Å². The van der Waals surface area contributed by atoms with Crippen LogP contribution in [0, 0.1) is 5.41 Å². The fourth-order valence-electron chi connectivity index (χ4n) is 2.80. The van der Waals surface area contributed by atoms with Crippen molar-refractivity contribution in [2.75, 3.05) is 0 Å². The van der Waals surface area contributed by atoms with E-state index in [-0.39, 0.29) is 0 Å². The van der Waals surface area contributed by atoms with Gasteiger partial charge in [-0.25, -0.2) is 4.21 Å². The van der Waals surface area contributed by atoms with Gasteiger partial charge in [0.25, 0.3) is 10.1 Å². The molecule has 6 unspecified atom stereocenters. The molecule has 1 saturated heterocycles. The number of rotatable bonds is 3. The Bertz CT molecular complexity index is 417. The van der Waals surface area contributed by atoms with Crippen LogP contribution in [0.3, 0.4) is 0 Å². The highest BCUT2D eigenvalue weighted by molar-refractivity contribution is 7.87. The average molecular weight is 286 g/mol. The van der Waals surface area contributed by atoms with Crippen molar-refractivity contribution in [2.24, 2.45) is 5.41 Å². The minimum absolute atomic E-state index is 0.839. The Morgan fingerprint density at radius 2 is 1.82 bits per heavy atom. The number of aliphatic hydroxyl groups is 1. The van der Waals surface area contributed by atoms with Crippen molar-refractivity contribution in [1.82, 2.24) is 0 Å². The van der Waals surface area contributed by atoms with Gasteiger partial charge in [0.05, 0.1) is 28.1 Å². The van der Waals surface area contributed by atoms with Gasteiger partial charge in [-0.1, -0.05) is 0 Å². The van der Waals surface area contributed by atoms with Crippen LogP contribution >= 0.6 is 0 Å². The molecule has 0 amide bonds. The maximum Gasteiger partial charge on any atom is 0.271 e. The van der Waals surface area contributed by atoms with Crippen LogP contribution in [-0.2, 0) is 25.4 Å². The zero-order valence-electron chi connectivity index (χ0n) is 10.2. The molecule has 1 heterocycles. The fourth-order valence-corrected chi connectivity index (χ4v) is 5.66. The van der Waals surface area contributed by atoms with Crippen molar-refractivity contribution < 1.29 is 26.5 Å². The number of hydrogen-bond acceptors (Lipinski definition) is 5. The second-order valence-corrected chi connectivity index (χ2v) is 7.61. The maximum atomic E-state index is 11.7. The van der Waals surface area contributed by atoms with Crippen LogP contribution in [0.25, 0.3) is 0 Å². The monoisotopic (exact) mass is 286 g/mol. The van der Waals surface area contributed by atoms with Crippen LogP contribution < -0.4 is 0 Å². The molecule has 0 aromatic carbocycles. The molecule has 2 N–H and O–H groups in total. The Morgan fingerprint density at radius 3 is 2.06 bits per heavy atom. The van der Waals surface area contributed by atoms with Gasteiger partial charge in [0, 0.05) is 0 Å². The minimum atomic E-state index is -3.81. The highest BCUT2D eigenvalue weighted by atomic mass is 32.2. The molecule has 6 atom stereocenters. The first-order valence-corrected chi connectivity index (χ1v) is 7.92. The predicted octanol–water partition coefficient (Wildman–Crippen LogP) is 0.101. The summed E-state index contributed by atoms with van der Waals surface area (Å²) in [7, 11) is -3.81. The molecule has 0 aromatic heterocycles. The first-order chi connectivity index (χ1) is 7.58. The van der Waals surface area contributed by atoms with Gasteiger partial charge in [-0.15, -0.1) is 0 Å². The second kappa shape index (κ2) is 4.58. The molecule has 1 aliphatic heterocycles. The third-order valence-electron chi connectivity index (χ3n) is 3.85. The van der Waals surface area contributed by atoms with Gasteiger partial charge in [0.1, 0.15) is 0 Å². The molecule has 0 saturated carbocycles. The van der Waals surface area contributed by atoms with E-state index in [1.165, 1.54) is 27.7 Å².